The normalized spacial score (nSPS) is 10.4. The van der Waals surface area contributed by atoms with Gasteiger partial charge in [0.05, 0.1) is 5.69 Å². The van der Waals surface area contributed by atoms with E-state index in [1.807, 2.05) is 6.07 Å². The Morgan fingerprint density at radius 3 is 2.46 bits per heavy atom. The van der Waals surface area contributed by atoms with E-state index in [-0.39, 0.29) is 6.54 Å². The van der Waals surface area contributed by atoms with Gasteiger partial charge >= 0.3 is 0 Å². The Balaban J connectivity index is 1.82. The summed E-state index contributed by atoms with van der Waals surface area (Å²) in [6, 6.07) is 10.4. The maximum Gasteiger partial charge on any atom is 0.257 e. The van der Waals surface area contributed by atoms with Crippen molar-refractivity contribution in [3.05, 3.63) is 83.8 Å². The van der Waals surface area contributed by atoms with Crippen molar-refractivity contribution in [1.29, 1.82) is 0 Å². The lowest BCUT2D eigenvalue weighted by molar-refractivity contribution is 0.0942. The molecule has 4 nitrogen and oxygen atoms in total. The first-order valence-electron chi connectivity index (χ1n) is 7.23. The molecule has 0 aliphatic heterocycles. The lowest BCUT2D eigenvalue weighted by Crippen LogP contribution is -2.25. The van der Waals surface area contributed by atoms with Gasteiger partial charge in [-0.05, 0) is 35.9 Å². The number of nitrogens with one attached hydrogen (secondary N) is 1. The SMILES string of the molecule is O=C(NCc1cccnc1-c1cccnc1)c1c(F)cccc1F. The van der Waals surface area contributed by atoms with Crippen LogP contribution in [0.25, 0.3) is 11.3 Å². The zero-order chi connectivity index (χ0) is 16.9. The number of aromatic nitrogens is 2. The van der Waals surface area contributed by atoms with Crippen LogP contribution in [0.3, 0.4) is 0 Å². The highest BCUT2D eigenvalue weighted by Crippen LogP contribution is 2.20. The highest BCUT2D eigenvalue weighted by Gasteiger charge is 2.17. The molecule has 0 saturated heterocycles. The van der Waals surface area contributed by atoms with Gasteiger partial charge in [-0.15, -0.1) is 0 Å². The summed E-state index contributed by atoms with van der Waals surface area (Å²) in [4.78, 5) is 20.4. The van der Waals surface area contributed by atoms with Gasteiger partial charge in [0.2, 0.25) is 0 Å². The van der Waals surface area contributed by atoms with E-state index in [4.69, 9.17) is 0 Å². The fourth-order valence-corrected chi connectivity index (χ4v) is 2.32. The highest BCUT2D eigenvalue weighted by atomic mass is 19.1. The van der Waals surface area contributed by atoms with E-state index in [0.717, 1.165) is 23.3 Å². The zero-order valence-corrected chi connectivity index (χ0v) is 12.5. The molecule has 0 aliphatic rings. The molecule has 0 radical (unpaired) electrons. The molecule has 0 saturated carbocycles. The molecule has 3 aromatic rings. The third-order valence-corrected chi connectivity index (χ3v) is 3.46. The predicted molar refractivity (Wildman–Crippen MR) is 85.0 cm³/mol. The van der Waals surface area contributed by atoms with Gasteiger partial charge in [0.15, 0.2) is 0 Å². The number of hydrogen-bond acceptors (Lipinski definition) is 3. The summed E-state index contributed by atoms with van der Waals surface area (Å²) >= 11 is 0. The third kappa shape index (κ3) is 3.27. The van der Waals surface area contributed by atoms with Crippen molar-refractivity contribution in [1.82, 2.24) is 15.3 Å². The standard InChI is InChI=1S/C18H13F2N3O/c19-14-6-1-7-15(20)16(14)18(24)23-11-13-5-3-9-22-17(13)12-4-2-8-21-10-12/h1-10H,11H2,(H,23,24). The molecule has 1 aromatic carbocycles. The highest BCUT2D eigenvalue weighted by molar-refractivity contribution is 5.94. The van der Waals surface area contributed by atoms with E-state index in [0.29, 0.717) is 5.69 Å². The first-order valence-corrected chi connectivity index (χ1v) is 7.23. The van der Waals surface area contributed by atoms with E-state index in [9.17, 15) is 13.6 Å². The number of carbonyl (C=O) groups is 1. The van der Waals surface area contributed by atoms with Crippen LogP contribution in [0.4, 0.5) is 8.78 Å². The third-order valence-electron chi connectivity index (χ3n) is 3.46. The maximum atomic E-state index is 13.6. The number of rotatable bonds is 4. The van der Waals surface area contributed by atoms with Gasteiger partial charge in [0, 0.05) is 30.7 Å². The summed E-state index contributed by atoms with van der Waals surface area (Å²) in [6.07, 6.45) is 4.93. The van der Waals surface area contributed by atoms with Crippen molar-refractivity contribution in [3.63, 3.8) is 0 Å². The Hall–Kier alpha value is -3.15. The average molecular weight is 325 g/mol. The molecular weight excluding hydrogens is 312 g/mol. The molecule has 0 bridgehead atoms. The van der Waals surface area contributed by atoms with Gasteiger partial charge < -0.3 is 5.32 Å². The molecule has 0 atom stereocenters. The molecular formula is C18H13F2N3O. The van der Waals surface area contributed by atoms with Crippen molar-refractivity contribution in [2.24, 2.45) is 0 Å². The largest absolute Gasteiger partial charge is 0.348 e. The molecule has 0 unspecified atom stereocenters. The van der Waals surface area contributed by atoms with E-state index in [1.165, 1.54) is 6.07 Å². The summed E-state index contributed by atoms with van der Waals surface area (Å²) < 4.78 is 27.3. The maximum absolute atomic E-state index is 13.6. The number of benzene rings is 1. The average Bonchev–Trinajstić information content (AvgIpc) is 2.61. The minimum absolute atomic E-state index is 0.0880. The molecule has 0 fully saturated rings. The molecule has 120 valence electrons. The second-order valence-corrected chi connectivity index (χ2v) is 5.03. The topological polar surface area (TPSA) is 54.9 Å². The molecule has 2 aromatic heterocycles. The molecule has 0 aliphatic carbocycles. The molecule has 0 spiro atoms. The van der Waals surface area contributed by atoms with Crippen LogP contribution in [0.2, 0.25) is 0 Å². The second kappa shape index (κ2) is 6.95. The molecule has 6 heteroatoms. The Bertz CT molecular complexity index is 849. The first-order chi connectivity index (χ1) is 11.7. The summed E-state index contributed by atoms with van der Waals surface area (Å²) in [5, 5.41) is 2.53. The number of pyridine rings is 2. The number of halogens is 2. The monoisotopic (exact) mass is 325 g/mol. The van der Waals surface area contributed by atoms with Crippen LogP contribution in [-0.2, 0) is 6.54 Å². The summed E-state index contributed by atoms with van der Waals surface area (Å²) in [6.45, 7) is 0.0880. The number of amides is 1. The molecule has 1 N–H and O–H groups in total. The zero-order valence-electron chi connectivity index (χ0n) is 12.5. The fourth-order valence-electron chi connectivity index (χ4n) is 2.32. The molecule has 2 heterocycles. The Morgan fingerprint density at radius 2 is 1.75 bits per heavy atom. The predicted octanol–water partition coefficient (Wildman–Crippen LogP) is 3.35. The van der Waals surface area contributed by atoms with Crippen LogP contribution in [-0.4, -0.2) is 15.9 Å². The van der Waals surface area contributed by atoms with Crippen LogP contribution < -0.4 is 5.32 Å². The molecule has 1 amide bonds. The van der Waals surface area contributed by atoms with Gasteiger partial charge in [0.25, 0.3) is 5.91 Å². The summed E-state index contributed by atoms with van der Waals surface area (Å²) in [5.41, 5.74) is 1.57. The Morgan fingerprint density at radius 1 is 1.00 bits per heavy atom. The lowest BCUT2D eigenvalue weighted by Gasteiger charge is -2.10. The van der Waals surface area contributed by atoms with Gasteiger partial charge in [-0.1, -0.05) is 12.1 Å². The van der Waals surface area contributed by atoms with Crippen LogP contribution >= 0.6 is 0 Å². The quantitative estimate of drug-likeness (QED) is 0.800. The van der Waals surface area contributed by atoms with Crippen LogP contribution in [0.1, 0.15) is 15.9 Å². The minimum Gasteiger partial charge on any atom is -0.348 e. The van der Waals surface area contributed by atoms with Crippen LogP contribution in [0.15, 0.2) is 61.1 Å². The minimum atomic E-state index is -0.897. The Kier molecular flexibility index (Phi) is 4.56. The van der Waals surface area contributed by atoms with E-state index in [2.05, 4.69) is 15.3 Å². The van der Waals surface area contributed by atoms with Crippen LogP contribution in [0, 0.1) is 11.6 Å². The van der Waals surface area contributed by atoms with Crippen molar-refractivity contribution >= 4 is 5.91 Å². The summed E-state index contributed by atoms with van der Waals surface area (Å²) in [5.74, 6) is -2.61. The van der Waals surface area contributed by atoms with Gasteiger partial charge in [-0.2, -0.15) is 0 Å². The first kappa shape index (κ1) is 15.7. The van der Waals surface area contributed by atoms with E-state index >= 15 is 0 Å². The van der Waals surface area contributed by atoms with Gasteiger partial charge in [-0.3, -0.25) is 14.8 Å². The van der Waals surface area contributed by atoms with Crippen molar-refractivity contribution in [2.75, 3.05) is 0 Å². The van der Waals surface area contributed by atoms with E-state index in [1.54, 1.807) is 36.8 Å². The van der Waals surface area contributed by atoms with Gasteiger partial charge in [0.1, 0.15) is 17.2 Å². The van der Waals surface area contributed by atoms with Gasteiger partial charge in [-0.25, -0.2) is 8.78 Å². The smallest absolute Gasteiger partial charge is 0.257 e. The van der Waals surface area contributed by atoms with Crippen molar-refractivity contribution in [3.8, 4) is 11.3 Å². The lowest BCUT2D eigenvalue weighted by atomic mass is 10.1. The van der Waals surface area contributed by atoms with Crippen molar-refractivity contribution in [2.45, 2.75) is 6.54 Å². The van der Waals surface area contributed by atoms with Crippen LogP contribution in [0.5, 0.6) is 0 Å². The molecule has 24 heavy (non-hydrogen) atoms. The number of carbonyl (C=O) groups excluding carboxylic acids is 1. The number of hydrogen-bond donors (Lipinski definition) is 1. The number of nitrogens with zero attached hydrogens (tertiary/aromatic N) is 2. The fraction of sp³-hybridized carbons (Fsp3) is 0.0556. The molecule has 3 rings (SSSR count). The second-order valence-electron chi connectivity index (χ2n) is 5.03. The summed E-state index contributed by atoms with van der Waals surface area (Å²) in [7, 11) is 0. The van der Waals surface area contributed by atoms with E-state index < -0.39 is 23.1 Å². The Labute approximate surface area is 137 Å². The van der Waals surface area contributed by atoms with Crippen molar-refractivity contribution < 1.29 is 13.6 Å².